The summed E-state index contributed by atoms with van der Waals surface area (Å²) in [6, 6.07) is 4.25. The van der Waals surface area contributed by atoms with E-state index in [9.17, 15) is 10.2 Å². The van der Waals surface area contributed by atoms with Crippen LogP contribution in [0.1, 0.15) is 23.5 Å². The third kappa shape index (κ3) is 1.51. The van der Waals surface area contributed by atoms with E-state index in [1.165, 1.54) is 11.1 Å². The first-order chi connectivity index (χ1) is 10.2. The molecule has 1 aliphatic carbocycles. The number of fused-ring (bicyclic) bond motifs is 3. The molecule has 4 atom stereocenters. The highest BCUT2D eigenvalue weighted by atomic mass is 16.7. The largest absolute Gasteiger partial charge is 0.454 e. The molecule has 1 aromatic carbocycles. The maximum Gasteiger partial charge on any atom is 0.231 e. The summed E-state index contributed by atoms with van der Waals surface area (Å²) in [5, 5.41) is 20.7. The SMILES string of the molecule is OC1C=C2CCN3Cc4cc5c(cc4[C@H](C23)[C@H]1O)OCO5. The van der Waals surface area contributed by atoms with Crippen LogP contribution < -0.4 is 9.47 Å². The first kappa shape index (κ1) is 12.0. The molecule has 1 aromatic rings. The van der Waals surface area contributed by atoms with Crippen LogP contribution in [0.2, 0.25) is 0 Å². The molecule has 5 nitrogen and oxygen atoms in total. The molecule has 0 saturated carbocycles. The number of hydrogen-bond donors (Lipinski definition) is 2. The van der Waals surface area contributed by atoms with E-state index in [-0.39, 0.29) is 18.8 Å². The van der Waals surface area contributed by atoms with Crippen molar-refractivity contribution < 1.29 is 19.7 Å². The number of rotatable bonds is 0. The second-order valence-corrected chi connectivity index (χ2v) is 6.32. The normalized spacial score (nSPS) is 36.2. The molecule has 5 rings (SSSR count). The Morgan fingerprint density at radius 3 is 2.81 bits per heavy atom. The molecular formula is C16H17NO4. The molecule has 3 aliphatic heterocycles. The lowest BCUT2D eigenvalue weighted by molar-refractivity contribution is -0.00157. The van der Waals surface area contributed by atoms with E-state index >= 15 is 0 Å². The molecule has 0 radical (unpaired) electrons. The molecule has 5 heteroatoms. The van der Waals surface area contributed by atoms with E-state index < -0.39 is 12.2 Å². The van der Waals surface area contributed by atoms with Crippen LogP contribution in [-0.4, -0.2) is 46.7 Å². The van der Waals surface area contributed by atoms with Gasteiger partial charge in [0.15, 0.2) is 11.5 Å². The van der Waals surface area contributed by atoms with Gasteiger partial charge in [0.25, 0.3) is 0 Å². The summed E-state index contributed by atoms with van der Waals surface area (Å²) in [4.78, 5) is 2.40. The van der Waals surface area contributed by atoms with Crippen LogP contribution in [0.5, 0.6) is 11.5 Å². The summed E-state index contributed by atoms with van der Waals surface area (Å²) in [6.07, 6.45) is 1.28. The van der Waals surface area contributed by atoms with E-state index in [0.717, 1.165) is 36.6 Å². The Hall–Kier alpha value is -1.56. The van der Waals surface area contributed by atoms with E-state index in [4.69, 9.17) is 9.47 Å². The molecule has 2 N–H and O–H groups in total. The number of benzene rings is 1. The fourth-order valence-electron chi connectivity index (χ4n) is 4.35. The van der Waals surface area contributed by atoms with Crippen LogP contribution in [0.25, 0.3) is 0 Å². The number of ether oxygens (including phenoxy) is 2. The molecule has 0 spiro atoms. The Labute approximate surface area is 122 Å². The molecule has 0 bridgehead atoms. The minimum absolute atomic E-state index is 0.0826. The van der Waals surface area contributed by atoms with Gasteiger partial charge in [-0.2, -0.15) is 0 Å². The lowest BCUT2D eigenvalue weighted by Crippen LogP contribution is -2.49. The number of hydrogen-bond acceptors (Lipinski definition) is 5. The summed E-state index contributed by atoms with van der Waals surface area (Å²) >= 11 is 0. The summed E-state index contributed by atoms with van der Waals surface area (Å²) in [5.41, 5.74) is 3.54. The van der Waals surface area contributed by atoms with Gasteiger partial charge < -0.3 is 19.7 Å². The highest BCUT2D eigenvalue weighted by molar-refractivity contribution is 5.53. The van der Waals surface area contributed by atoms with Gasteiger partial charge in [0.1, 0.15) is 0 Å². The van der Waals surface area contributed by atoms with Crippen LogP contribution in [0.15, 0.2) is 23.8 Å². The van der Waals surface area contributed by atoms with Crippen LogP contribution in [0.4, 0.5) is 0 Å². The highest BCUT2D eigenvalue weighted by Gasteiger charge is 2.48. The van der Waals surface area contributed by atoms with Gasteiger partial charge in [0.2, 0.25) is 6.79 Å². The molecular weight excluding hydrogens is 270 g/mol. The van der Waals surface area contributed by atoms with Crippen molar-refractivity contribution in [2.24, 2.45) is 0 Å². The Bertz CT molecular complexity index is 656. The molecule has 0 aromatic heterocycles. The smallest absolute Gasteiger partial charge is 0.231 e. The van der Waals surface area contributed by atoms with Crippen molar-refractivity contribution in [1.82, 2.24) is 4.90 Å². The van der Waals surface area contributed by atoms with Crippen molar-refractivity contribution in [2.45, 2.75) is 37.1 Å². The van der Waals surface area contributed by atoms with Crippen molar-refractivity contribution in [3.8, 4) is 11.5 Å². The van der Waals surface area contributed by atoms with Gasteiger partial charge in [-0.3, -0.25) is 4.90 Å². The van der Waals surface area contributed by atoms with Gasteiger partial charge in [-0.15, -0.1) is 0 Å². The zero-order valence-corrected chi connectivity index (χ0v) is 11.5. The molecule has 4 aliphatic rings. The molecule has 1 fully saturated rings. The molecule has 110 valence electrons. The molecule has 1 saturated heterocycles. The van der Waals surface area contributed by atoms with Crippen LogP contribution in [0.3, 0.4) is 0 Å². The van der Waals surface area contributed by atoms with Crippen molar-refractivity contribution in [3.63, 3.8) is 0 Å². The lowest BCUT2D eigenvalue weighted by Gasteiger charge is -2.44. The molecule has 2 unspecified atom stereocenters. The first-order valence-corrected chi connectivity index (χ1v) is 7.45. The topological polar surface area (TPSA) is 62.2 Å². The van der Waals surface area contributed by atoms with Crippen molar-refractivity contribution in [1.29, 1.82) is 0 Å². The van der Waals surface area contributed by atoms with Crippen molar-refractivity contribution in [2.75, 3.05) is 13.3 Å². The Kier molecular flexibility index (Phi) is 2.29. The fraction of sp³-hybridized carbons (Fsp3) is 0.500. The quantitative estimate of drug-likeness (QED) is 0.690. The Balaban J connectivity index is 1.70. The third-order valence-electron chi connectivity index (χ3n) is 5.27. The molecule has 21 heavy (non-hydrogen) atoms. The van der Waals surface area contributed by atoms with Gasteiger partial charge in [0.05, 0.1) is 12.2 Å². The Morgan fingerprint density at radius 1 is 1.14 bits per heavy atom. The number of aliphatic hydroxyl groups excluding tert-OH is 2. The van der Waals surface area contributed by atoms with E-state index in [1.807, 2.05) is 18.2 Å². The number of aliphatic hydroxyl groups is 2. The number of nitrogens with zero attached hydrogens (tertiary/aromatic N) is 1. The van der Waals surface area contributed by atoms with Crippen LogP contribution >= 0.6 is 0 Å². The highest BCUT2D eigenvalue weighted by Crippen LogP contribution is 2.49. The molecule has 0 amide bonds. The summed E-state index contributed by atoms with van der Waals surface area (Å²) in [7, 11) is 0. The van der Waals surface area contributed by atoms with Crippen LogP contribution in [0, 0.1) is 0 Å². The maximum absolute atomic E-state index is 10.5. The predicted octanol–water partition coefficient (Wildman–Crippen LogP) is 0.749. The fourth-order valence-corrected chi connectivity index (χ4v) is 4.35. The van der Waals surface area contributed by atoms with Crippen LogP contribution in [-0.2, 0) is 6.54 Å². The van der Waals surface area contributed by atoms with Crippen molar-refractivity contribution >= 4 is 0 Å². The standard InChI is InChI=1S/C16H17NO4/c18-11-3-8-1-2-17-6-9-4-12-13(21-7-20-12)5-10(9)14(15(8)17)16(11)19/h3-5,11,14-16,18-19H,1-2,6-7H2/t11?,14-,15?,16+/m1/s1. The van der Waals surface area contributed by atoms with E-state index in [0.29, 0.717) is 0 Å². The summed E-state index contributed by atoms with van der Waals surface area (Å²) in [6.45, 7) is 2.11. The predicted molar refractivity (Wildman–Crippen MR) is 74.2 cm³/mol. The third-order valence-corrected chi connectivity index (χ3v) is 5.27. The zero-order valence-electron chi connectivity index (χ0n) is 11.5. The van der Waals surface area contributed by atoms with Gasteiger partial charge in [-0.05, 0) is 29.7 Å². The zero-order chi connectivity index (χ0) is 14.1. The van der Waals surface area contributed by atoms with Gasteiger partial charge in [-0.25, -0.2) is 0 Å². The monoisotopic (exact) mass is 287 g/mol. The lowest BCUT2D eigenvalue weighted by atomic mass is 9.73. The van der Waals surface area contributed by atoms with Gasteiger partial charge in [0, 0.05) is 25.0 Å². The first-order valence-electron chi connectivity index (χ1n) is 7.45. The van der Waals surface area contributed by atoms with E-state index in [2.05, 4.69) is 4.90 Å². The molecule has 3 heterocycles. The minimum atomic E-state index is -0.780. The van der Waals surface area contributed by atoms with Gasteiger partial charge >= 0.3 is 0 Å². The second kappa shape index (κ2) is 4.00. The summed E-state index contributed by atoms with van der Waals surface area (Å²) < 4.78 is 10.9. The van der Waals surface area contributed by atoms with Gasteiger partial charge in [-0.1, -0.05) is 11.6 Å². The average molecular weight is 287 g/mol. The Morgan fingerprint density at radius 2 is 1.95 bits per heavy atom. The maximum atomic E-state index is 10.5. The van der Waals surface area contributed by atoms with Crippen molar-refractivity contribution in [3.05, 3.63) is 34.9 Å². The van der Waals surface area contributed by atoms with E-state index in [1.54, 1.807) is 0 Å². The minimum Gasteiger partial charge on any atom is -0.454 e. The second-order valence-electron chi connectivity index (χ2n) is 6.32. The summed E-state index contributed by atoms with van der Waals surface area (Å²) in [5.74, 6) is 1.45. The average Bonchev–Trinajstić information content (AvgIpc) is 3.08.